The second-order valence-corrected chi connectivity index (χ2v) is 7.33. The molecule has 3 aromatic rings. The summed E-state index contributed by atoms with van der Waals surface area (Å²) >= 11 is 1.49. The summed E-state index contributed by atoms with van der Waals surface area (Å²) in [7, 11) is 0. The molecule has 0 aliphatic rings. The van der Waals surface area contributed by atoms with Crippen molar-refractivity contribution in [2.75, 3.05) is 11.1 Å². The number of benzene rings is 1. The van der Waals surface area contributed by atoms with Crippen molar-refractivity contribution in [3.63, 3.8) is 0 Å². The summed E-state index contributed by atoms with van der Waals surface area (Å²) in [6.07, 6.45) is 1.61. The maximum Gasteiger partial charge on any atom is 0.235 e. The summed E-state index contributed by atoms with van der Waals surface area (Å²) in [5.41, 5.74) is 3.44. The number of anilines is 1. The highest BCUT2D eigenvalue weighted by Crippen LogP contribution is 2.28. The van der Waals surface area contributed by atoms with Crippen LogP contribution in [0.15, 0.2) is 52.0 Å². The number of hydrogen-bond acceptors (Lipinski definition) is 4. The number of aromatic nitrogens is 1. The molecule has 0 saturated heterocycles. The van der Waals surface area contributed by atoms with Gasteiger partial charge in [-0.3, -0.25) is 4.79 Å². The van der Waals surface area contributed by atoms with E-state index in [1.54, 1.807) is 6.26 Å². The van der Waals surface area contributed by atoms with E-state index in [0.717, 1.165) is 27.5 Å². The van der Waals surface area contributed by atoms with Crippen molar-refractivity contribution < 1.29 is 9.21 Å². The molecule has 138 valence electrons. The van der Waals surface area contributed by atoms with Crippen molar-refractivity contribution in [3.8, 4) is 6.07 Å². The van der Waals surface area contributed by atoms with Gasteiger partial charge in [-0.1, -0.05) is 18.2 Å². The van der Waals surface area contributed by atoms with Crippen LogP contribution in [-0.4, -0.2) is 16.2 Å². The molecule has 0 aliphatic carbocycles. The number of rotatable bonds is 6. The number of thioether (sulfide) groups is 1. The quantitative estimate of drug-likeness (QED) is 0.633. The molecule has 0 atom stereocenters. The lowest BCUT2D eigenvalue weighted by Gasteiger charge is -2.12. The van der Waals surface area contributed by atoms with Crippen molar-refractivity contribution >= 4 is 23.5 Å². The van der Waals surface area contributed by atoms with Gasteiger partial charge in [-0.15, -0.1) is 11.8 Å². The summed E-state index contributed by atoms with van der Waals surface area (Å²) in [5.74, 6) is 1.43. The van der Waals surface area contributed by atoms with Gasteiger partial charge in [0.25, 0.3) is 0 Å². The first-order valence-corrected chi connectivity index (χ1v) is 9.60. The SMILES string of the molecule is Cc1ccccc1SCC(=O)Nc1c(C#N)c(C)c(C)n1Cc1ccco1. The third kappa shape index (κ3) is 4.09. The molecular formula is C21H21N3O2S. The molecule has 2 aromatic heterocycles. The predicted octanol–water partition coefficient (Wildman–Crippen LogP) is 4.66. The Morgan fingerprint density at radius 2 is 2.00 bits per heavy atom. The van der Waals surface area contributed by atoms with Crippen LogP contribution in [0.2, 0.25) is 0 Å². The lowest BCUT2D eigenvalue weighted by molar-refractivity contribution is -0.113. The fourth-order valence-corrected chi connectivity index (χ4v) is 3.75. The Balaban J connectivity index is 1.80. The van der Waals surface area contributed by atoms with Gasteiger partial charge in [0.05, 0.1) is 24.1 Å². The van der Waals surface area contributed by atoms with Crippen LogP contribution in [0.1, 0.15) is 28.1 Å². The highest BCUT2D eigenvalue weighted by molar-refractivity contribution is 8.00. The topological polar surface area (TPSA) is 71.0 Å². The minimum Gasteiger partial charge on any atom is -0.467 e. The molecule has 0 fully saturated rings. The molecule has 6 heteroatoms. The van der Waals surface area contributed by atoms with Crippen LogP contribution >= 0.6 is 11.8 Å². The highest BCUT2D eigenvalue weighted by atomic mass is 32.2. The van der Waals surface area contributed by atoms with Gasteiger partial charge in [0, 0.05) is 10.6 Å². The molecule has 27 heavy (non-hydrogen) atoms. The van der Waals surface area contributed by atoms with Crippen molar-refractivity contribution in [2.24, 2.45) is 0 Å². The van der Waals surface area contributed by atoms with Gasteiger partial charge >= 0.3 is 0 Å². The van der Waals surface area contributed by atoms with Gasteiger partial charge in [-0.2, -0.15) is 5.26 Å². The standard InChI is InChI=1S/C21H21N3O2S/c1-14-7-4-5-9-19(14)27-13-20(25)23-21-18(11-22)15(2)16(3)24(21)12-17-8-6-10-26-17/h4-10H,12-13H2,1-3H3,(H,23,25). The normalized spacial score (nSPS) is 10.6. The zero-order chi connectivity index (χ0) is 19.4. The summed E-state index contributed by atoms with van der Waals surface area (Å²) < 4.78 is 7.35. The van der Waals surface area contributed by atoms with E-state index in [0.29, 0.717) is 17.9 Å². The van der Waals surface area contributed by atoms with E-state index in [2.05, 4.69) is 11.4 Å². The number of amides is 1. The molecule has 0 saturated carbocycles. The smallest absolute Gasteiger partial charge is 0.235 e. The third-order valence-electron chi connectivity index (χ3n) is 4.55. The first-order valence-electron chi connectivity index (χ1n) is 8.61. The maximum absolute atomic E-state index is 12.6. The Bertz CT molecular complexity index is 997. The number of nitriles is 1. The molecule has 1 N–H and O–H groups in total. The number of aryl methyl sites for hydroxylation is 1. The third-order valence-corrected chi connectivity index (χ3v) is 5.72. The summed E-state index contributed by atoms with van der Waals surface area (Å²) in [6, 6.07) is 13.9. The Hall–Kier alpha value is -2.91. The monoisotopic (exact) mass is 379 g/mol. The van der Waals surface area contributed by atoms with Gasteiger partial charge in [0.2, 0.25) is 5.91 Å². The predicted molar refractivity (Wildman–Crippen MR) is 107 cm³/mol. The number of nitrogens with one attached hydrogen (secondary N) is 1. The zero-order valence-corrected chi connectivity index (χ0v) is 16.4. The lowest BCUT2D eigenvalue weighted by Crippen LogP contribution is -2.18. The minimum atomic E-state index is -0.141. The molecule has 1 aromatic carbocycles. The van der Waals surface area contributed by atoms with Crippen LogP contribution in [-0.2, 0) is 11.3 Å². The van der Waals surface area contributed by atoms with Crippen LogP contribution in [0.5, 0.6) is 0 Å². The van der Waals surface area contributed by atoms with Gasteiger partial charge in [0.15, 0.2) is 0 Å². The molecule has 0 radical (unpaired) electrons. The first-order chi connectivity index (χ1) is 13.0. The first kappa shape index (κ1) is 18.9. The average molecular weight is 379 g/mol. The summed E-state index contributed by atoms with van der Waals surface area (Å²) in [4.78, 5) is 13.6. The van der Waals surface area contributed by atoms with Crippen molar-refractivity contribution in [1.82, 2.24) is 4.57 Å². The van der Waals surface area contributed by atoms with Crippen molar-refractivity contribution in [3.05, 3.63) is 70.8 Å². The number of hydrogen-bond donors (Lipinski definition) is 1. The van der Waals surface area contributed by atoms with Gasteiger partial charge < -0.3 is 14.3 Å². The van der Waals surface area contributed by atoms with Crippen LogP contribution in [0, 0.1) is 32.1 Å². The Kier molecular flexibility index (Phi) is 5.72. The van der Waals surface area contributed by atoms with Crippen LogP contribution < -0.4 is 5.32 Å². The molecule has 1 amide bonds. The average Bonchev–Trinajstić information content (AvgIpc) is 3.24. The summed E-state index contributed by atoms with van der Waals surface area (Å²) in [6.45, 7) is 6.32. The van der Waals surface area contributed by atoms with E-state index in [-0.39, 0.29) is 11.7 Å². The molecule has 2 heterocycles. The van der Waals surface area contributed by atoms with Gasteiger partial charge in [0.1, 0.15) is 17.6 Å². The van der Waals surface area contributed by atoms with E-state index < -0.39 is 0 Å². The van der Waals surface area contributed by atoms with E-state index in [1.807, 2.05) is 61.7 Å². The van der Waals surface area contributed by atoms with Crippen molar-refractivity contribution in [2.45, 2.75) is 32.2 Å². The van der Waals surface area contributed by atoms with Crippen LogP contribution in [0.4, 0.5) is 5.82 Å². The largest absolute Gasteiger partial charge is 0.467 e. The Morgan fingerprint density at radius 1 is 1.22 bits per heavy atom. The molecule has 5 nitrogen and oxygen atoms in total. The van der Waals surface area contributed by atoms with E-state index in [9.17, 15) is 10.1 Å². The van der Waals surface area contributed by atoms with E-state index in [4.69, 9.17) is 4.42 Å². The van der Waals surface area contributed by atoms with E-state index >= 15 is 0 Å². The van der Waals surface area contributed by atoms with E-state index in [1.165, 1.54) is 11.8 Å². The lowest BCUT2D eigenvalue weighted by atomic mass is 10.2. The number of carbonyl (C=O) groups is 1. The Labute approximate surface area is 163 Å². The Morgan fingerprint density at radius 3 is 2.67 bits per heavy atom. The fourth-order valence-electron chi connectivity index (χ4n) is 2.92. The molecule has 0 spiro atoms. The fraction of sp³-hybridized carbons (Fsp3) is 0.238. The van der Waals surface area contributed by atoms with Gasteiger partial charge in [-0.25, -0.2) is 0 Å². The van der Waals surface area contributed by atoms with Crippen molar-refractivity contribution in [1.29, 1.82) is 5.26 Å². The zero-order valence-electron chi connectivity index (χ0n) is 15.6. The molecular weight excluding hydrogens is 358 g/mol. The highest BCUT2D eigenvalue weighted by Gasteiger charge is 2.20. The van der Waals surface area contributed by atoms with Gasteiger partial charge in [-0.05, 0) is 50.1 Å². The second kappa shape index (κ2) is 8.19. The second-order valence-electron chi connectivity index (χ2n) is 6.31. The molecule has 0 unspecified atom stereocenters. The van der Waals surface area contributed by atoms with Crippen LogP contribution in [0.25, 0.3) is 0 Å². The number of nitrogens with zero attached hydrogens (tertiary/aromatic N) is 2. The molecule has 0 bridgehead atoms. The summed E-state index contributed by atoms with van der Waals surface area (Å²) in [5, 5.41) is 12.5. The minimum absolute atomic E-state index is 0.141. The maximum atomic E-state index is 12.6. The molecule has 0 aliphatic heterocycles. The molecule has 3 rings (SSSR count). The number of furan rings is 1. The van der Waals surface area contributed by atoms with Crippen LogP contribution in [0.3, 0.4) is 0 Å². The number of carbonyl (C=O) groups excluding carboxylic acids is 1.